The maximum Gasteiger partial charge on any atom is 0.319 e. The molecule has 240 valence electrons. The van der Waals surface area contributed by atoms with E-state index in [-0.39, 0.29) is 39.5 Å². The molecule has 2 aromatic carbocycles. The van der Waals surface area contributed by atoms with Gasteiger partial charge in [-0.25, -0.2) is 8.78 Å². The number of terminal acetylenes is 1. The first-order chi connectivity index (χ1) is 22.4. The van der Waals surface area contributed by atoms with Gasteiger partial charge in [0.1, 0.15) is 28.6 Å². The predicted molar refractivity (Wildman–Crippen MR) is 174 cm³/mol. The fourth-order valence-corrected chi connectivity index (χ4v) is 7.95. The van der Waals surface area contributed by atoms with E-state index in [2.05, 4.69) is 32.6 Å². The number of halogens is 2. The number of nitrogens with zero attached hydrogens (tertiary/aromatic N) is 5. The summed E-state index contributed by atoms with van der Waals surface area (Å²) >= 11 is 0. The first kappa shape index (κ1) is 30.6. The highest BCUT2D eigenvalue weighted by atomic mass is 19.1. The average molecular weight is 628 g/mol. The Morgan fingerprint density at radius 3 is 2.74 bits per heavy atom. The van der Waals surface area contributed by atoms with Crippen molar-refractivity contribution >= 4 is 27.5 Å². The molecule has 4 aromatic rings. The molecule has 1 aliphatic carbocycles. The molecule has 46 heavy (non-hydrogen) atoms. The first-order valence-electron chi connectivity index (χ1n) is 16.4. The van der Waals surface area contributed by atoms with Crippen molar-refractivity contribution in [1.82, 2.24) is 19.9 Å². The molecule has 2 saturated heterocycles. The molecule has 2 aromatic heterocycles. The number of likely N-dealkylation sites (tertiary alicyclic amines) is 1. The quantitative estimate of drug-likeness (QED) is 0.212. The normalized spacial score (nSPS) is 21.7. The van der Waals surface area contributed by atoms with Gasteiger partial charge in [-0.3, -0.25) is 9.88 Å². The van der Waals surface area contributed by atoms with Crippen LogP contribution in [-0.2, 0) is 4.74 Å². The van der Waals surface area contributed by atoms with Crippen LogP contribution in [0.15, 0.2) is 30.5 Å². The molecule has 0 bridgehead atoms. The number of fused-ring (bicyclic) bond motifs is 3. The van der Waals surface area contributed by atoms with Crippen molar-refractivity contribution in [3.8, 4) is 35.4 Å². The second-order valence-corrected chi connectivity index (χ2v) is 12.8. The number of anilines is 1. The molecule has 2 aliphatic heterocycles. The van der Waals surface area contributed by atoms with Crippen molar-refractivity contribution in [2.45, 2.75) is 64.5 Å². The van der Waals surface area contributed by atoms with Gasteiger partial charge < -0.3 is 19.5 Å². The van der Waals surface area contributed by atoms with Crippen molar-refractivity contribution in [3.63, 3.8) is 0 Å². The predicted octanol–water partition coefficient (Wildman–Crippen LogP) is 6.46. The molecule has 2 unspecified atom stereocenters. The zero-order valence-electron chi connectivity index (χ0n) is 26.4. The highest BCUT2D eigenvalue weighted by Gasteiger charge is 2.51. The number of hydrogen-bond donors (Lipinski definition) is 1. The molecule has 0 amide bonds. The third-order valence-corrected chi connectivity index (χ3v) is 10.2. The lowest BCUT2D eigenvalue weighted by Gasteiger charge is -2.51. The Labute approximate surface area is 267 Å². The fraction of sp³-hybridized carbons (Fsp3) is 0.472. The molecule has 1 saturated carbocycles. The van der Waals surface area contributed by atoms with Crippen LogP contribution in [-0.4, -0.2) is 76.5 Å². The molecular formula is C36H39F2N5O3. The number of aromatic hydroxyl groups is 1. The van der Waals surface area contributed by atoms with E-state index in [1.54, 1.807) is 6.20 Å². The molecule has 3 aliphatic rings. The molecule has 3 fully saturated rings. The van der Waals surface area contributed by atoms with Crippen LogP contribution in [0.1, 0.15) is 57.9 Å². The molecule has 0 radical (unpaired) electrons. The van der Waals surface area contributed by atoms with Crippen LogP contribution in [0.25, 0.3) is 32.9 Å². The number of phenolic OH excluding ortho intramolecular Hbond substituents is 1. The fourth-order valence-electron chi connectivity index (χ4n) is 7.95. The summed E-state index contributed by atoms with van der Waals surface area (Å²) in [7, 11) is 0. The van der Waals surface area contributed by atoms with Crippen molar-refractivity contribution in [2.75, 3.05) is 44.4 Å². The molecule has 4 heterocycles. The molecule has 2 atom stereocenters. The number of pyridine rings is 1. The van der Waals surface area contributed by atoms with E-state index >= 15 is 4.39 Å². The number of piperidine rings is 1. The van der Waals surface area contributed by atoms with Gasteiger partial charge >= 0.3 is 6.01 Å². The third kappa shape index (κ3) is 5.10. The Hall–Kier alpha value is -4.07. The second kappa shape index (κ2) is 12.3. The van der Waals surface area contributed by atoms with Crippen LogP contribution in [0, 0.1) is 29.4 Å². The van der Waals surface area contributed by atoms with Gasteiger partial charge in [-0.05, 0) is 69.2 Å². The molecule has 0 spiro atoms. The number of benzene rings is 2. The van der Waals surface area contributed by atoms with Gasteiger partial charge in [0.15, 0.2) is 5.82 Å². The Balaban J connectivity index is 1.33. The number of phenols is 1. The summed E-state index contributed by atoms with van der Waals surface area (Å²) < 4.78 is 43.6. The van der Waals surface area contributed by atoms with Gasteiger partial charge in [-0.1, -0.05) is 25.3 Å². The van der Waals surface area contributed by atoms with Crippen molar-refractivity contribution in [2.24, 2.45) is 5.41 Å². The van der Waals surface area contributed by atoms with Gasteiger partial charge in [-0.15, -0.1) is 6.42 Å². The van der Waals surface area contributed by atoms with Gasteiger partial charge in [0.05, 0.1) is 36.8 Å². The summed E-state index contributed by atoms with van der Waals surface area (Å²) in [5.74, 6) is 1.49. The number of aromatic nitrogens is 3. The molecule has 8 nitrogen and oxygen atoms in total. The topological polar surface area (TPSA) is 83.8 Å². The lowest BCUT2D eigenvalue weighted by molar-refractivity contribution is -0.115. The Morgan fingerprint density at radius 2 is 2.00 bits per heavy atom. The molecule has 1 N–H and O–H groups in total. The number of rotatable bonds is 9. The van der Waals surface area contributed by atoms with Crippen molar-refractivity contribution < 1.29 is 23.4 Å². The summed E-state index contributed by atoms with van der Waals surface area (Å²) in [5, 5.41) is 11.8. The SMILES string of the molecule is C#Cc1c(F)ccc2cc(O)cc(-c3ncc4c(N(CC)CCC)nc(OCC56CCCC5N(C5COC5)CCC6)nc4c3F)c12. The van der Waals surface area contributed by atoms with E-state index in [4.69, 9.17) is 20.9 Å². The van der Waals surface area contributed by atoms with E-state index in [9.17, 15) is 9.50 Å². The molecule has 10 heteroatoms. The lowest BCUT2D eigenvalue weighted by Crippen LogP contribution is -2.60. The lowest BCUT2D eigenvalue weighted by atomic mass is 9.75. The van der Waals surface area contributed by atoms with Crippen LogP contribution < -0.4 is 9.64 Å². The van der Waals surface area contributed by atoms with Gasteiger partial charge in [0.25, 0.3) is 0 Å². The molecular weight excluding hydrogens is 588 g/mol. The summed E-state index contributed by atoms with van der Waals surface area (Å²) in [5.41, 5.74) is 0.0944. The highest BCUT2D eigenvalue weighted by molar-refractivity contribution is 6.03. The zero-order chi connectivity index (χ0) is 32.0. The van der Waals surface area contributed by atoms with Gasteiger partial charge in [0.2, 0.25) is 0 Å². The van der Waals surface area contributed by atoms with E-state index in [0.717, 1.165) is 58.3 Å². The minimum Gasteiger partial charge on any atom is -0.508 e. The zero-order valence-corrected chi connectivity index (χ0v) is 26.4. The standard InChI is InChI=1S/C36H39F2N5O3/c1-4-14-42(6-3)34-27-18-39-32(26-17-24(44)16-22-10-11-28(37)25(5-2)30(22)26)31(38)33(27)40-35(41-34)46-21-36-12-7-9-29(36)43(15-8-13-36)23-19-45-20-23/h2,10-11,16-18,23,29,44H,4,6-9,12-15,19-21H2,1,3H3. The Morgan fingerprint density at radius 1 is 1.17 bits per heavy atom. The van der Waals surface area contributed by atoms with E-state index in [0.29, 0.717) is 53.8 Å². The van der Waals surface area contributed by atoms with E-state index < -0.39 is 11.6 Å². The second-order valence-electron chi connectivity index (χ2n) is 12.8. The minimum absolute atomic E-state index is 0.0156. The molecule has 7 rings (SSSR count). The summed E-state index contributed by atoms with van der Waals surface area (Å²) in [4.78, 5) is 18.7. The largest absolute Gasteiger partial charge is 0.508 e. The van der Waals surface area contributed by atoms with Crippen LogP contribution in [0.3, 0.4) is 0 Å². The first-order valence-corrected chi connectivity index (χ1v) is 16.4. The number of hydrogen-bond acceptors (Lipinski definition) is 8. The van der Waals surface area contributed by atoms with E-state index in [1.165, 1.54) is 24.3 Å². The number of ether oxygens (including phenoxy) is 2. The summed E-state index contributed by atoms with van der Waals surface area (Å²) in [6, 6.07) is 6.57. The highest BCUT2D eigenvalue weighted by Crippen LogP contribution is 2.49. The monoisotopic (exact) mass is 627 g/mol. The maximum absolute atomic E-state index is 16.8. The summed E-state index contributed by atoms with van der Waals surface area (Å²) in [6.07, 6.45) is 13.6. The van der Waals surface area contributed by atoms with Crippen LogP contribution in [0.4, 0.5) is 14.6 Å². The van der Waals surface area contributed by atoms with E-state index in [1.807, 2.05) is 6.92 Å². The van der Waals surface area contributed by atoms with Crippen LogP contribution >= 0.6 is 0 Å². The third-order valence-electron chi connectivity index (χ3n) is 10.2. The Bertz CT molecular complexity index is 1840. The van der Waals surface area contributed by atoms with Crippen LogP contribution in [0.5, 0.6) is 11.8 Å². The van der Waals surface area contributed by atoms with Crippen LogP contribution in [0.2, 0.25) is 0 Å². The Kier molecular flexibility index (Phi) is 8.16. The smallest absolute Gasteiger partial charge is 0.319 e. The maximum atomic E-state index is 16.8. The van der Waals surface area contributed by atoms with Crippen molar-refractivity contribution in [1.29, 1.82) is 0 Å². The minimum atomic E-state index is -0.719. The average Bonchev–Trinajstić information content (AvgIpc) is 3.47. The van der Waals surface area contributed by atoms with Crippen molar-refractivity contribution in [3.05, 3.63) is 47.7 Å². The van der Waals surface area contributed by atoms with Gasteiger partial charge in [-0.2, -0.15) is 9.97 Å². The summed E-state index contributed by atoms with van der Waals surface area (Å²) in [6.45, 7) is 8.57. The van der Waals surface area contributed by atoms with Gasteiger partial charge in [0, 0.05) is 41.7 Å².